The van der Waals surface area contributed by atoms with Crippen LogP contribution in [0.2, 0.25) is 0 Å². The van der Waals surface area contributed by atoms with Crippen LogP contribution in [0.1, 0.15) is 25.7 Å². The molecule has 14 heteroatoms. The first kappa shape index (κ1) is 26.6. The zero-order valence-electron chi connectivity index (χ0n) is 18.1. The molecule has 4 N–H and O–H groups in total. The van der Waals surface area contributed by atoms with Crippen molar-refractivity contribution >= 4 is 109 Å². The Hall–Kier alpha value is -2.42. The van der Waals surface area contributed by atoms with E-state index in [0.29, 0.717) is 34.6 Å². The van der Waals surface area contributed by atoms with Gasteiger partial charge < -0.3 is 20.2 Å². The number of nitrogens with one attached hydrogen (secondary N) is 2. The highest BCUT2D eigenvalue weighted by Gasteiger charge is 2.15. The van der Waals surface area contributed by atoms with Gasteiger partial charge in [-0.25, -0.2) is 0 Å². The molecule has 4 aromatic rings. The molecule has 2 aromatic carbocycles. The number of amides is 2. The van der Waals surface area contributed by atoms with Gasteiger partial charge in [0.15, 0.2) is 17.3 Å². The second-order valence-corrected chi connectivity index (χ2v) is 11.2. The number of benzene rings is 2. The van der Waals surface area contributed by atoms with Crippen LogP contribution < -0.4 is 0 Å². The lowest BCUT2D eigenvalue weighted by atomic mass is 10.2. The Morgan fingerprint density at radius 1 is 0.750 bits per heavy atom. The highest BCUT2D eigenvalue weighted by molar-refractivity contribution is 9.11. The zero-order valence-corrected chi connectivity index (χ0v) is 24.5. The van der Waals surface area contributed by atoms with Crippen molar-refractivity contribution in [3.05, 3.63) is 42.2 Å². The minimum Gasteiger partial charge on any atom is -0.504 e. The van der Waals surface area contributed by atoms with Gasteiger partial charge in [-0.05, 0) is 69.0 Å². The molecule has 0 spiro atoms. The molecule has 186 valence electrons. The van der Waals surface area contributed by atoms with Gasteiger partial charge >= 0.3 is 0 Å². The number of fused-ring (bicyclic) bond motifs is 2. The monoisotopic (exact) mass is 744 g/mol. The summed E-state index contributed by atoms with van der Waals surface area (Å²) in [7, 11) is 0. The third-order valence-electron chi connectivity index (χ3n) is 5.11. The summed E-state index contributed by atoms with van der Waals surface area (Å²) in [4.78, 5) is 29.9. The molecule has 2 aromatic heterocycles. The quantitative estimate of drug-likeness (QED) is 0.110. The van der Waals surface area contributed by atoms with Crippen LogP contribution in [0.15, 0.2) is 62.6 Å². The Labute approximate surface area is 237 Å². The second kappa shape index (κ2) is 11.3. The molecule has 0 bridgehead atoms. The SMILES string of the molecule is O=C(CCCCC(=O)N=Nc1c(O)[nH]c2c(Br)cc(Br)cc12)N=Nc1[nH]c2c(Br)cc(Br)cc2c1O. The Morgan fingerprint density at radius 3 is 1.89 bits per heavy atom. The van der Waals surface area contributed by atoms with Gasteiger partial charge in [-0.15, -0.1) is 20.5 Å². The van der Waals surface area contributed by atoms with E-state index in [9.17, 15) is 19.8 Å². The van der Waals surface area contributed by atoms with Crippen LogP contribution in [0.5, 0.6) is 11.6 Å². The fourth-order valence-electron chi connectivity index (χ4n) is 3.42. The number of aromatic hydroxyl groups is 2. The third kappa shape index (κ3) is 5.93. The number of unbranched alkanes of at least 4 members (excludes halogenated alkanes) is 1. The van der Waals surface area contributed by atoms with Crippen LogP contribution in [0.4, 0.5) is 11.5 Å². The van der Waals surface area contributed by atoms with E-state index >= 15 is 0 Å². The van der Waals surface area contributed by atoms with Crippen LogP contribution in [0, 0.1) is 0 Å². The maximum absolute atomic E-state index is 12.1. The number of hydrogen-bond donors (Lipinski definition) is 4. The van der Waals surface area contributed by atoms with Crippen molar-refractivity contribution < 1.29 is 19.8 Å². The Balaban J connectivity index is 1.29. The molecule has 36 heavy (non-hydrogen) atoms. The minimum absolute atomic E-state index is 0.0762. The number of azo groups is 2. The first-order valence-electron chi connectivity index (χ1n) is 10.4. The lowest BCUT2D eigenvalue weighted by Crippen LogP contribution is -1.95. The van der Waals surface area contributed by atoms with Gasteiger partial charge in [0.05, 0.1) is 11.0 Å². The molecule has 2 amide bonds. The first-order chi connectivity index (χ1) is 17.1. The number of halogens is 4. The average Bonchev–Trinajstić information content (AvgIpc) is 3.30. The molecule has 0 aliphatic heterocycles. The lowest BCUT2D eigenvalue weighted by Gasteiger charge is -1.97. The average molecular weight is 748 g/mol. The van der Waals surface area contributed by atoms with E-state index in [1.807, 2.05) is 12.1 Å². The number of H-pyrrole nitrogens is 2. The zero-order chi connectivity index (χ0) is 26.0. The fraction of sp³-hybridized carbons (Fsp3) is 0.182. The van der Waals surface area contributed by atoms with E-state index in [4.69, 9.17) is 0 Å². The molecular formula is C22H16Br4N6O4. The first-order valence-corrected chi connectivity index (χ1v) is 13.6. The van der Waals surface area contributed by atoms with Gasteiger partial charge in [-0.3, -0.25) is 9.59 Å². The van der Waals surface area contributed by atoms with Crippen molar-refractivity contribution in [3.63, 3.8) is 0 Å². The largest absolute Gasteiger partial charge is 0.504 e. The topological polar surface area (TPSA) is 156 Å². The smallest absolute Gasteiger partial charge is 0.264 e. The second-order valence-electron chi connectivity index (χ2n) is 7.66. The number of nitrogens with zero attached hydrogens (tertiary/aromatic N) is 4. The van der Waals surface area contributed by atoms with Gasteiger partial charge in [0, 0.05) is 41.5 Å². The van der Waals surface area contributed by atoms with E-state index in [2.05, 4.69) is 94.1 Å². The molecule has 0 aliphatic carbocycles. The molecule has 0 saturated heterocycles. The minimum atomic E-state index is -0.484. The molecule has 0 radical (unpaired) electrons. The number of aromatic nitrogens is 2. The van der Waals surface area contributed by atoms with Gasteiger partial charge in [0.2, 0.25) is 5.88 Å². The lowest BCUT2D eigenvalue weighted by molar-refractivity contribution is -0.120. The van der Waals surface area contributed by atoms with Gasteiger partial charge in [0.1, 0.15) is 0 Å². The summed E-state index contributed by atoms with van der Waals surface area (Å²) >= 11 is 13.5. The Morgan fingerprint density at radius 2 is 1.28 bits per heavy atom. The summed E-state index contributed by atoms with van der Waals surface area (Å²) in [6, 6.07) is 7.10. The molecular weight excluding hydrogens is 732 g/mol. The van der Waals surface area contributed by atoms with E-state index in [0.717, 1.165) is 17.9 Å². The molecule has 0 fully saturated rings. The maximum atomic E-state index is 12.1. The summed E-state index contributed by atoms with van der Waals surface area (Å²) in [5, 5.41) is 36.7. The molecule has 4 rings (SSSR count). The molecule has 0 unspecified atom stereocenters. The van der Waals surface area contributed by atoms with Crippen LogP contribution in [-0.4, -0.2) is 32.0 Å². The van der Waals surface area contributed by atoms with E-state index in [1.54, 1.807) is 12.1 Å². The number of carbonyl (C=O) groups is 2. The highest BCUT2D eigenvalue weighted by atomic mass is 79.9. The van der Waals surface area contributed by atoms with Crippen molar-refractivity contribution in [2.45, 2.75) is 25.7 Å². The number of aromatic amines is 2. The highest BCUT2D eigenvalue weighted by Crippen LogP contribution is 2.41. The fourth-order valence-corrected chi connectivity index (χ4v) is 6.07. The van der Waals surface area contributed by atoms with Gasteiger partial charge in [-0.1, -0.05) is 31.9 Å². The van der Waals surface area contributed by atoms with Crippen molar-refractivity contribution in [2.24, 2.45) is 20.5 Å². The number of hydrogen-bond acceptors (Lipinski definition) is 6. The molecule has 0 saturated carbocycles. The van der Waals surface area contributed by atoms with Crippen molar-refractivity contribution in [2.75, 3.05) is 0 Å². The van der Waals surface area contributed by atoms with Crippen LogP contribution in [0.3, 0.4) is 0 Å². The molecule has 0 aliphatic rings. The summed E-state index contributed by atoms with van der Waals surface area (Å²) in [6.07, 6.45) is 0.953. The maximum Gasteiger partial charge on any atom is 0.264 e. The molecule has 2 heterocycles. The summed E-state index contributed by atoms with van der Waals surface area (Å²) in [5.74, 6) is -1.20. The summed E-state index contributed by atoms with van der Waals surface area (Å²) in [6.45, 7) is 0. The van der Waals surface area contributed by atoms with Crippen LogP contribution in [-0.2, 0) is 9.59 Å². The number of carbonyl (C=O) groups excluding carboxylic acids is 2. The van der Waals surface area contributed by atoms with Crippen molar-refractivity contribution in [1.82, 2.24) is 9.97 Å². The summed E-state index contributed by atoms with van der Waals surface area (Å²) in [5.41, 5.74) is 1.42. The van der Waals surface area contributed by atoms with Crippen molar-refractivity contribution in [3.8, 4) is 11.6 Å². The van der Waals surface area contributed by atoms with Gasteiger partial charge in [-0.2, -0.15) is 0 Å². The molecule has 10 nitrogen and oxygen atoms in total. The van der Waals surface area contributed by atoms with E-state index in [1.165, 1.54) is 0 Å². The number of rotatable bonds is 7. The van der Waals surface area contributed by atoms with Gasteiger partial charge in [0.25, 0.3) is 11.8 Å². The predicted octanol–water partition coefficient (Wildman–Crippen LogP) is 8.59. The third-order valence-corrected chi connectivity index (χ3v) is 7.28. The van der Waals surface area contributed by atoms with Crippen LogP contribution >= 0.6 is 63.7 Å². The van der Waals surface area contributed by atoms with Crippen molar-refractivity contribution in [1.29, 1.82) is 0 Å². The Kier molecular flexibility index (Phi) is 8.37. The molecule has 0 atom stereocenters. The normalized spacial score (nSPS) is 12.0. The van der Waals surface area contributed by atoms with Crippen LogP contribution in [0.25, 0.3) is 21.8 Å². The van der Waals surface area contributed by atoms with E-state index < -0.39 is 11.8 Å². The Bertz CT molecular complexity index is 1560. The predicted molar refractivity (Wildman–Crippen MR) is 148 cm³/mol. The van der Waals surface area contributed by atoms with E-state index in [-0.39, 0.29) is 36.0 Å². The standard InChI is InChI=1S/C22H16Br4N6O4/c23-9-5-11-17(13(25)7-9)28-22(36)19(11)31-29-15(33)3-1-2-4-16(34)30-32-21-20(35)12-6-10(24)8-14(26)18(12)27-21/h5-8,27-28,35-36H,1-4H2. The summed E-state index contributed by atoms with van der Waals surface area (Å²) < 4.78 is 2.98.